The minimum atomic E-state index is -2.92. The van der Waals surface area contributed by atoms with E-state index in [-0.39, 0.29) is 49.4 Å². The van der Waals surface area contributed by atoms with Gasteiger partial charge in [-0.25, -0.2) is 31.7 Å². The van der Waals surface area contributed by atoms with Crippen molar-refractivity contribution in [3.8, 4) is 0 Å². The normalized spacial score (nSPS) is 14.5. The first-order valence-electron chi connectivity index (χ1n) is 9.24. The molecule has 1 aromatic heterocycles. The molecular weight excluding hydrogens is 427 g/mol. The van der Waals surface area contributed by atoms with Gasteiger partial charge < -0.3 is 19.9 Å². The van der Waals surface area contributed by atoms with Crippen LogP contribution in [0, 0.1) is 17.5 Å². The molecule has 1 aromatic carbocycles. The number of benzene rings is 1. The van der Waals surface area contributed by atoms with Crippen molar-refractivity contribution in [2.45, 2.75) is 38.4 Å². The number of carbonyl (C=O) groups is 2. The lowest BCUT2D eigenvalue weighted by Crippen LogP contribution is -2.42. The zero-order chi connectivity index (χ0) is 22.9. The van der Waals surface area contributed by atoms with Gasteiger partial charge in [0.2, 0.25) is 5.91 Å². The highest BCUT2D eigenvalue weighted by molar-refractivity contribution is 5.89. The van der Waals surface area contributed by atoms with Gasteiger partial charge in [-0.15, -0.1) is 0 Å². The summed E-state index contributed by atoms with van der Waals surface area (Å²) in [6.45, 7) is -0.123. The quantitative estimate of drug-likeness (QED) is 0.418. The molecule has 0 fully saturated rings. The number of nitrogens with zero attached hydrogens (tertiary/aromatic N) is 3. The molecule has 7 nitrogen and oxygen atoms in total. The number of imidazole rings is 1. The molecule has 2 heterocycles. The van der Waals surface area contributed by atoms with Crippen LogP contribution in [0.15, 0.2) is 12.1 Å². The minimum absolute atomic E-state index is 0.0161. The molecule has 3 rings (SSSR count). The highest BCUT2D eigenvalue weighted by Gasteiger charge is 2.32. The summed E-state index contributed by atoms with van der Waals surface area (Å²) in [5.74, 6) is -5.52. The van der Waals surface area contributed by atoms with Gasteiger partial charge in [0.05, 0.1) is 19.3 Å². The van der Waals surface area contributed by atoms with Gasteiger partial charge >= 0.3 is 5.97 Å². The van der Waals surface area contributed by atoms with Gasteiger partial charge in [0.15, 0.2) is 23.2 Å². The zero-order valence-corrected chi connectivity index (χ0v) is 16.4. The summed E-state index contributed by atoms with van der Waals surface area (Å²) in [4.78, 5) is 29.5. The Kier molecular flexibility index (Phi) is 6.58. The number of carbonyl (C=O) groups excluding carboxylic acids is 2. The van der Waals surface area contributed by atoms with Crippen molar-refractivity contribution in [2.24, 2.45) is 5.73 Å². The van der Waals surface area contributed by atoms with Gasteiger partial charge in [-0.2, -0.15) is 0 Å². The third-order valence-electron chi connectivity index (χ3n) is 4.97. The Hall–Kier alpha value is -3.02. The Morgan fingerprint density at radius 2 is 1.84 bits per heavy atom. The molecule has 168 valence electrons. The molecule has 1 amide bonds. The van der Waals surface area contributed by atoms with Gasteiger partial charge in [-0.05, 0) is 18.1 Å². The molecule has 12 heteroatoms. The van der Waals surface area contributed by atoms with E-state index in [2.05, 4.69) is 9.72 Å². The Balaban J connectivity index is 1.72. The fourth-order valence-electron chi connectivity index (χ4n) is 3.46. The van der Waals surface area contributed by atoms with Crippen LogP contribution in [-0.2, 0) is 29.0 Å². The lowest BCUT2D eigenvalue weighted by atomic mass is 10.0. The van der Waals surface area contributed by atoms with Crippen molar-refractivity contribution in [2.75, 3.05) is 13.7 Å². The van der Waals surface area contributed by atoms with E-state index in [1.165, 1.54) is 9.47 Å². The van der Waals surface area contributed by atoms with Crippen molar-refractivity contribution in [3.05, 3.63) is 52.4 Å². The highest BCUT2D eigenvalue weighted by atomic mass is 19.3. The standard InChI is InChI=1S/C19H19F5N4O3/c1-31-19(30)16-14-8-27(2-3-28(14)18(26-16)17(23)24)15(29)6-10(25)4-9-5-12(21)13(22)7-11(9)20/h5,7,10,17H,2-4,6,8,25H2,1H3. The summed E-state index contributed by atoms with van der Waals surface area (Å²) in [7, 11) is 1.08. The number of fused-ring (bicyclic) bond motifs is 1. The maximum Gasteiger partial charge on any atom is 0.358 e. The van der Waals surface area contributed by atoms with Crippen molar-refractivity contribution in [3.63, 3.8) is 0 Å². The van der Waals surface area contributed by atoms with E-state index in [0.29, 0.717) is 12.1 Å². The first kappa shape index (κ1) is 22.7. The number of halogens is 5. The maximum atomic E-state index is 13.8. The van der Waals surface area contributed by atoms with E-state index in [4.69, 9.17) is 5.73 Å². The molecule has 1 aliphatic heterocycles. The van der Waals surface area contributed by atoms with Crippen molar-refractivity contribution < 1.29 is 36.3 Å². The first-order valence-corrected chi connectivity index (χ1v) is 9.24. The van der Waals surface area contributed by atoms with Gasteiger partial charge in [0, 0.05) is 31.6 Å². The number of esters is 1. The summed E-state index contributed by atoms with van der Waals surface area (Å²) < 4.78 is 72.4. The first-order chi connectivity index (χ1) is 14.6. The number of ether oxygens (including phenoxy) is 1. The fraction of sp³-hybridized carbons (Fsp3) is 0.421. The van der Waals surface area contributed by atoms with Crippen molar-refractivity contribution in [1.82, 2.24) is 14.5 Å². The van der Waals surface area contributed by atoms with Crippen LogP contribution in [0.5, 0.6) is 0 Å². The second kappa shape index (κ2) is 9.00. The van der Waals surface area contributed by atoms with E-state index in [0.717, 1.165) is 7.11 Å². The smallest absolute Gasteiger partial charge is 0.358 e. The predicted octanol–water partition coefficient (Wildman–Crippen LogP) is 2.33. The van der Waals surface area contributed by atoms with Gasteiger partial charge in [0.25, 0.3) is 6.43 Å². The SMILES string of the molecule is COC(=O)c1nc(C(F)F)n2c1CN(C(=O)CC(N)Cc1cc(F)c(F)cc1F)CC2. The molecule has 0 saturated carbocycles. The predicted molar refractivity (Wildman–Crippen MR) is 96.6 cm³/mol. The largest absolute Gasteiger partial charge is 0.464 e. The molecule has 0 spiro atoms. The molecule has 0 aliphatic carbocycles. The number of methoxy groups -OCH3 is 1. The molecule has 0 radical (unpaired) electrons. The second-order valence-corrected chi connectivity index (χ2v) is 7.05. The Bertz CT molecular complexity index is 1010. The molecule has 1 atom stereocenters. The van der Waals surface area contributed by atoms with Crippen LogP contribution >= 0.6 is 0 Å². The molecule has 1 aliphatic rings. The van der Waals surface area contributed by atoms with E-state index >= 15 is 0 Å². The van der Waals surface area contributed by atoms with Crippen LogP contribution in [0.3, 0.4) is 0 Å². The van der Waals surface area contributed by atoms with Crippen LogP contribution in [0.25, 0.3) is 0 Å². The number of rotatable bonds is 6. The molecule has 31 heavy (non-hydrogen) atoms. The van der Waals surface area contributed by atoms with E-state index < -0.39 is 47.6 Å². The summed E-state index contributed by atoms with van der Waals surface area (Å²) in [5, 5.41) is 0. The third kappa shape index (κ3) is 4.68. The maximum absolute atomic E-state index is 13.8. The minimum Gasteiger partial charge on any atom is -0.464 e. The molecule has 0 saturated heterocycles. The van der Waals surface area contributed by atoms with E-state index in [1.54, 1.807) is 0 Å². The number of nitrogens with two attached hydrogens (primary N) is 1. The van der Waals surface area contributed by atoms with Crippen molar-refractivity contribution in [1.29, 1.82) is 0 Å². The average molecular weight is 446 g/mol. The molecule has 0 bridgehead atoms. The van der Waals surface area contributed by atoms with Crippen LogP contribution < -0.4 is 5.73 Å². The molecular formula is C19H19F5N4O3. The molecule has 2 N–H and O–H groups in total. The van der Waals surface area contributed by atoms with Crippen LogP contribution in [0.2, 0.25) is 0 Å². The number of hydrogen-bond donors (Lipinski definition) is 1. The Morgan fingerprint density at radius 1 is 1.16 bits per heavy atom. The lowest BCUT2D eigenvalue weighted by Gasteiger charge is -2.30. The van der Waals surface area contributed by atoms with Gasteiger partial charge in [0.1, 0.15) is 5.82 Å². The van der Waals surface area contributed by atoms with Crippen molar-refractivity contribution >= 4 is 11.9 Å². The monoisotopic (exact) mass is 446 g/mol. The summed E-state index contributed by atoms with van der Waals surface area (Å²) >= 11 is 0. The summed E-state index contributed by atoms with van der Waals surface area (Å²) in [6, 6.07) is 0.179. The average Bonchev–Trinajstić information content (AvgIpc) is 3.10. The van der Waals surface area contributed by atoms with E-state index in [9.17, 15) is 31.5 Å². The Morgan fingerprint density at radius 3 is 2.48 bits per heavy atom. The summed E-state index contributed by atoms with van der Waals surface area (Å²) in [5.41, 5.74) is 5.52. The Labute approximate surface area is 173 Å². The number of amides is 1. The van der Waals surface area contributed by atoms with Crippen LogP contribution in [-0.4, -0.2) is 46.0 Å². The van der Waals surface area contributed by atoms with Gasteiger partial charge in [-0.1, -0.05) is 0 Å². The van der Waals surface area contributed by atoms with E-state index in [1.807, 2.05) is 0 Å². The van der Waals surface area contributed by atoms with Gasteiger partial charge in [-0.3, -0.25) is 4.79 Å². The van der Waals surface area contributed by atoms with Crippen LogP contribution in [0.1, 0.15) is 40.4 Å². The number of hydrogen-bond acceptors (Lipinski definition) is 5. The number of aromatic nitrogens is 2. The molecule has 1 unspecified atom stereocenters. The summed E-state index contributed by atoms with van der Waals surface area (Å²) in [6.07, 6.45) is -3.40. The molecule has 2 aromatic rings. The zero-order valence-electron chi connectivity index (χ0n) is 16.4. The third-order valence-corrected chi connectivity index (χ3v) is 4.97. The lowest BCUT2D eigenvalue weighted by molar-refractivity contribution is -0.133. The second-order valence-electron chi connectivity index (χ2n) is 7.05. The van der Waals surface area contributed by atoms with Crippen LogP contribution in [0.4, 0.5) is 22.0 Å². The topological polar surface area (TPSA) is 90.5 Å². The number of alkyl halides is 2. The fourth-order valence-corrected chi connectivity index (χ4v) is 3.46. The highest BCUT2D eigenvalue weighted by Crippen LogP contribution is 2.27.